The lowest BCUT2D eigenvalue weighted by molar-refractivity contribution is 0.705. The zero-order valence-electron chi connectivity index (χ0n) is 9.22. The summed E-state index contributed by atoms with van der Waals surface area (Å²) in [6.45, 7) is 0. The van der Waals surface area contributed by atoms with Gasteiger partial charge in [-0.3, -0.25) is 4.68 Å². The van der Waals surface area contributed by atoms with Crippen molar-refractivity contribution in [2.75, 3.05) is 5.73 Å². The minimum atomic E-state index is 0.608. The normalized spacial score (nSPS) is 15.3. The van der Waals surface area contributed by atoms with Gasteiger partial charge in [-0.25, -0.2) is 4.98 Å². The molecular weight excluding hydrogens is 200 g/mol. The smallest absolute Gasteiger partial charge is 0.183 e. The first-order chi connectivity index (χ1) is 7.75. The number of benzene rings is 1. The molecular formula is C12H14N4. The molecule has 1 aliphatic rings. The van der Waals surface area contributed by atoms with E-state index in [-0.39, 0.29) is 0 Å². The molecule has 0 spiro atoms. The first-order valence-electron chi connectivity index (χ1n) is 5.51. The van der Waals surface area contributed by atoms with E-state index in [1.54, 1.807) is 0 Å². The van der Waals surface area contributed by atoms with E-state index >= 15 is 0 Å². The number of anilines is 1. The van der Waals surface area contributed by atoms with Gasteiger partial charge in [0, 0.05) is 24.2 Å². The first-order valence-corrected chi connectivity index (χ1v) is 5.51. The lowest BCUT2D eigenvalue weighted by Gasteiger charge is -1.98. The molecule has 0 amide bonds. The third-order valence-corrected chi connectivity index (χ3v) is 2.94. The van der Waals surface area contributed by atoms with Crippen molar-refractivity contribution in [2.24, 2.45) is 7.05 Å². The zero-order valence-corrected chi connectivity index (χ0v) is 9.22. The third kappa shape index (κ3) is 1.46. The molecule has 4 nitrogen and oxygen atoms in total. The lowest BCUT2D eigenvalue weighted by atomic mass is 10.2. The maximum atomic E-state index is 5.91. The van der Waals surface area contributed by atoms with Gasteiger partial charge in [0.1, 0.15) is 5.82 Å². The summed E-state index contributed by atoms with van der Waals surface area (Å²) in [5, 5.41) is 4.43. The Bertz CT molecular complexity index is 526. The van der Waals surface area contributed by atoms with Gasteiger partial charge in [-0.15, -0.1) is 0 Å². The largest absolute Gasteiger partial charge is 0.398 e. The Kier molecular flexibility index (Phi) is 1.96. The maximum absolute atomic E-state index is 5.91. The monoisotopic (exact) mass is 214 g/mol. The van der Waals surface area contributed by atoms with E-state index < -0.39 is 0 Å². The fourth-order valence-corrected chi connectivity index (χ4v) is 1.91. The summed E-state index contributed by atoms with van der Waals surface area (Å²) < 4.78 is 1.87. The van der Waals surface area contributed by atoms with E-state index in [1.807, 2.05) is 36.0 Å². The Morgan fingerprint density at radius 3 is 2.75 bits per heavy atom. The number of aryl methyl sites for hydroxylation is 1. The van der Waals surface area contributed by atoms with Crippen molar-refractivity contribution in [3.8, 4) is 11.4 Å². The SMILES string of the molecule is Cn1nc(-c2ccccc2N)nc1C1CC1. The van der Waals surface area contributed by atoms with Crippen LogP contribution in [0.2, 0.25) is 0 Å². The molecule has 1 fully saturated rings. The molecule has 2 N–H and O–H groups in total. The van der Waals surface area contributed by atoms with Crippen LogP contribution in [0.15, 0.2) is 24.3 Å². The summed E-state index contributed by atoms with van der Waals surface area (Å²) >= 11 is 0. The van der Waals surface area contributed by atoms with Gasteiger partial charge < -0.3 is 5.73 Å². The standard InChI is InChI=1S/C12H14N4/c1-16-12(8-6-7-8)14-11(15-16)9-4-2-3-5-10(9)13/h2-5,8H,6-7,13H2,1H3. The summed E-state index contributed by atoms with van der Waals surface area (Å²) in [6.07, 6.45) is 2.46. The van der Waals surface area contributed by atoms with Crippen LogP contribution < -0.4 is 5.73 Å². The van der Waals surface area contributed by atoms with Crippen LogP contribution >= 0.6 is 0 Å². The van der Waals surface area contributed by atoms with Crippen molar-refractivity contribution in [1.29, 1.82) is 0 Å². The highest BCUT2D eigenvalue weighted by molar-refractivity contribution is 5.70. The van der Waals surface area contributed by atoms with Crippen molar-refractivity contribution in [3.05, 3.63) is 30.1 Å². The van der Waals surface area contributed by atoms with Crippen molar-refractivity contribution in [2.45, 2.75) is 18.8 Å². The van der Waals surface area contributed by atoms with Crippen molar-refractivity contribution in [1.82, 2.24) is 14.8 Å². The molecule has 0 unspecified atom stereocenters. The summed E-state index contributed by atoms with van der Waals surface area (Å²) in [4.78, 5) is 4.57. The van der Waals surface area contributed by atoms with Gasteiger partial charge in [0.25, 0.3) is 0 Å². The Balaban J connectivity index is 2.06. The maximum Gasteiger partial charge on any atom is 0.183 e. The Morgan fingerprint density at radius 1 is 1.31 bits per heavy atom. The molecule has 2 aromatic rings. The van der Waals surface area contributed by atoms with Crippen LogP contribution in [0.1, 0.15) is 24.6 Å². The van der Waals surface area contributed by atoms with Gasteiger partial charge >= 0.3 is 0 Å². The molecule has 4 heteroatoms. The average molecular weight is 214 g/mol. The molecule has 0 saturated heterocycles. The molecule has 1 saturated carbocycles. The van der Waals surface area contributed by atoms with Gasteiger partial charge in [-0.2, -0.15) is 5.10 Å². The fourth-order valence-electron chi connectivity index (χ4n) is 1.91. The van der Waals surface area contributed by atoms with Gasteiger partial charge in [-0.05, 0) is 25.0 Å². The summed E-state index contributed by atoms with van der Waals surface area (Å²) in [7, 11) is 1.95. The summed E-state index contributed by atoms with van der Waals surface area (Å²) in [5.41, 5.74) is 7.57. The average Bonchev–Trinajstić information content (AvgIpc) is 3.03. The Hall–Kier alpha value is -1.84. The first kappa shape index (κ1) is 9.39. The minimum Gasteiger partial charge on any atom is -0.398 e. The third-order valence-electron chi connectivity index (χ3n) is 2.94. The highest BCUT2D eigenvalue weighted by atomic mass is 15.3. The van der Waals surface area contributed by atoms with Crippen LogP contribution in [-0.2, 0) is 7.05 Å². The molecule has 1 aromatic heterocycles. The van der Waals surface area contributed by atoms with Crippen LogP contribution in [0, 0.1) is 0 Å². The van der Waals surface area contributed by atoms with E-state index in [9.17, 15) is 0 Å². The Labute approximate surface area is 94.1 Å². The van der Waals surface area contributed by atoms with Crippen molar-refractivity contribution < 1.29 is 0 Å². The van der Waals surface area contributed by atoms with Gasteiger partial charge in [0.2, 0.25) is 0 Å². The molecule has 0 aliphatic heterocycles. The second-order valence-corrected chi connectivity index (χ2v) is 4.28. The number of hydrogen-bond acceptors (Lipinski definition) is 3. The van der Waals surface area contributed by atoms with Crippen LogP contribution in [0.5, 0.6) is 0 Å². The Morgan fingerprint density at radius 2 is 2.06 bits per heavy atom. The number of nitrogens with two attached hydrogens (primary N) is 1. The lowest BCUT2D eigenvalue weighted by Crippen LogP contribution is -1.96. The molecule has 1 aliphatic carbocycles. The molecule has 82 valence electrons. The fraction of sp³-hybridized carbons (Fsp3) is 0.333. The van der Waals surface area contributed by atoms with Crippen LogP contribution in [0.25, 0.3) is 11.4 Å². The quantitative estimate of drug-likeness (QED) is 0.777. The molecule has 3 rings (SSSR count). The van der Waals surface area contributed by atoms with Crippen molar-refractivity contribution in [3.63, 3.8) is 0 Å². The van der Waals surface area contributed by atoms with Crippen molar-refractivity contribution >= 4 is 5.69 Å². The highest BCUT2D eigenvalue weighted by Crippen LogP contribution is 2.39. The van der Waals surface area contributed by atoms with E-state index in [4.69, 9.17) is 5.73 Å². The highest BCUT2D eigenvalue weighted by Gasteiger charge is 2.29. The van der Waals surface area contributed by atoms with Crippen LogP contribution in [-0.4, -0.2) is 14.8 Å². The van der Waals surface area contributed by atoms with Crippen LogP contribution in [0.3, 0.4) is 0 Å². The molecule has 1 heterocycles. The summed E-state index contributed by atoms with van der Waals surface area (Å²) in [5.74, 6) is 2.43. The minimum absolute atomic E-state index is 0.608. The molecule has 16 heavy (non-hydrogen) atoms. The summed E-state index contributed by atoms with van der Waals surface area (Å²) in [6, 6.07) is 7.71. The number of rotatable bonds is 2. The van der Waals surface area contributed by atoms with E-state index in [2.05, 4.69) is 10.1 Å². The molecule has 0 radical (unpaired) electrons. The topological polar surface area (TPSA) is 56.7 Å². The van der Waals surface area contributed by atoms with E-state index in [1.165, 1.54) is 12.8 Å². The number of nitrogens with zero attached hydrogens (tertiary/aromatic N) is 3. The molecule has 0 atom stereocenters. The van der Waals surface area contributed by atoms with E-state index in [0.29, 0.717) is 5.92 Å². The predicted molar refractivity (Wildman–Crippen MR) is 62.8 cm³/mol. The molecule has 1 aromatic carbocycles. The number of nitrogen functional groups attached to an aromatic ring is 1. The zero-order chi connectivity index (χ0) is 11.1. The second-order valence-electron chi connectivity index (χ2n) is 4.28. The number of hydrogen-bond donors (Lipinski definition) is 1. The number of para-hydroxylation sites is 1. The van der Waals surface area contributed by atoms with Gasteiger partial charge in [0.05, 0.1) is 0 Å². The van der Waals surface area contributed by atoms with Gasteiger partial charge in [0.15, 0.2) is 5.82 Å². The second kappa shape index (κ2) is 3.33. The molecule has 0 bridgehead atoms. The van der Waals surface area contributed by atoms with E-state index in [0.717, 1.165) is 22.9 Å². The predicted octanol–water partition coefficient (Wildman–Crippen LogP) is 1.94. The number of aromatic nitrogens is 3. The van der Waals surface area contributed by atoms with Crippen LogP contribution in [0.4, 0.5) is 5.69 Å². The van der Waals surface area contributed by atoms with Gasteiger partial charge in [-0.1, -0.05) is 12.1 Å².